The van der Waals surface area contributed by atoms with Crippen molar-refractivity contribution < 1.29 is 0 Å². The lowest BCUT2D eigenvalue weighted by Gasteiger charge is -2.08. The third-order valence-corrected chi connectivity index (χ3v) is 4.50. The summed E-state index contributed by atoms with van der Waals surface area (Å²) in [6.45, 7) is 2.09. The fourth-order valence-electron chi connectivity index (χ4n) is 1.61. The van der Waals surface area contributed by atoms with Gasteiger partial charge in [-0.05, 0) is 24.1 Å². The predicted molar refractivity (Wildman–Crippen MR) is 79.6 cm³/mol. The van der Waals surface area contributed by atoms with E-state index in [-0.39, 0.29) is 0 Å². The van der Waals surface area contributed by atoms with Crippen molar-refractivity contribution in [3.05, 3.63) is 38.1 Å². The maximum absolute atomic E-state index is 6.26. The molecule has 0 aliphatic rings. The van der Waals surface area contributed by atoms with Gasteiger partial charge in [0.05, 0.1) is 15.7 Å². The number of nitrogens with zero attached hydrogens (tertiary/aromatic N) is 1. The molecule has 1 heterocycles. The summed E-state index contributed by atoms with van der Waals surface area (Å²) in [7, 11) is 0. The first-order valence-corrected chi connectivity index (χ1v) is 7.90. The Balaban J connectivity index is 2.57. The van der Waals surface area contributed by atoms with Crippen LogP contribution in [0.15, 0.2) is 17.5 Å². The van der Waals surface area contributed by atoms with Gasteiger partial charge in [-0.15, -0.1) is 11.3 Å². The van der Waals surface area contributed by atoms with E-state index in [4.69, 9.17) is 23.2 Å². The summed E-state index contributed by atoms with van der Waals surface area (Å²) in [5.41, 5.74) is 2.97. The molecule has 90 valence electrons. The zero-order chi connectivity index (χ0) is 12.4. The van der Waals surface area contributed by atoms with Crippen LogP contribution in [0.4, 0.5) is 0 Å². The van der Waals surface area contributed by atoms with Gasteiger partial charge in [-0.3, -0.25) is 0 Å². The minimum absolute atomic E-state index is 0.652. The lowest BCUT2D eigenvalue weighted by Crippen LogP contribution is -1.89. The number of aromatic nitrogens is 1. The first kappa shape index (κ1) is 13.3. The van der Waals surface area contributed by atoms with E-state index in [9.17, 15) is 0 Å². The van der Waals surface area contributed by atoms with E-state index in [1.54, 1.807) is 17.4 Å². The molecule has 0 unspecified atom stereocenters. The van der Waals surface area contributed by atoms with Crippen LogP contribution in [0.25, 0.3) is 11.3 Å². The third kappa shape index (κ3) is 2.84. The highest BCUT2D eigenvalue weighted by atomic mass is 79.9. The molecule has 0 bridgehead atoms. The van der Waals surface area contributed by atoms with E-state index in [1.807, 2.05) is 11.4 Å². The molecule has 17 heavy (non-hydrogen) atoms. The fraction of sp³-hybridized carbons (Fsp3) is 0.250. The second kappa shape index (κ2) is 5.70. The Kier molecular flexibility index (Phi) is 4.47. The first-order chi connectivity index (χ1) is 8.15. The van der Waals surface area contributed by atoms with E-state index >= 15 is 0 Å². The van der Waals surface area contributed by atoms with Crippen molar-refractivity contribution in [2.75, 3.05) is 0 Å². The molecule has 0 amide bonds. The highest BCUT2D eigenvalue weighted by Crippen LogP contribution is 2.35. The van der Waals surface area contributed by atoms with Gasteiger partial charge in [-0.2, -0.15) is 0 Å². The van der Waals surface area contributed by atoms with Crippen molar-refractivity contribution in [2.24, 2.45) is 0 Å². The van der Waals surface area contributed by atoms with Crippen LogP contribution in [0.1, 0.15) is 17.5 Å². The van der Waals surface area contributed by atoms with Gasteiger partial charge in [0.15, 0.2) is 0 Å². The summed E-state index contributed by atoms with van der Waals surface area (Å²) in [6.07, 6.45) is 0.944. The minimum atomic E-state index is 0.652. The molecule has 0 spiro atoms. The smallest absolute Gasteiger partial charge is 0.0929 e. The SMILES string of the molecule is CCc1nc(-c2c(Cl)cc(Cl)cc2CBr)cs1. The van der Waals surface area contributed by atoms with Crippen molar-refractivity contribution >= 4 is 50.5 Å². The molecule has 1 nitrogen and oxygen atoms in total. The molecule has 1 aromatic heterocycles. The lowest BCUT2D eigenvalue weighted by molar-refractivity contribution is 1.09. The highest BCUT2D eigenvalue weighted by Gasteiger charge is 2.13. The summed E-state index contributed by atoms with van der Waals surface area (Å²) in [5.74, 6) is 0. The molecule has 1 aromatic carbocycles. The van der Waals surface area contributed by atoms with Crippen LogP contribution in [0.3, 0.4) is 0 Å². The van der Waals surface area contributed by atoms with Gasteiger partial charge in [-0.1, -0.05) is 46.1 Å². The zero-order valence-electron chi connectivity index (χ0n) is 9.14. The maximum Gasteiger partial charge on any atom is 0.0929 e. The summed E-state index contributed by atoms with van der Waals surface area (Å²) < 4.78 is 0. The summed E-state index contributed by atoms with van der Waals surface area (Å²) >= 11 is 17.4. The minimum Gasteiger partial charge on any atom is -0.241 e. The second-order valence-corrected chi connectivity index (χ2v) is 5.88. The Bertz CT molecular complexity index is 539. The van der Waals surface area contributed by atoms with Gasteiger partial charge in [0.25, 0.3) is 0 Å². The normalized spacial score (nSPS) is 10.8. The molecule has 2 rings (SSSR count). The van der Waals surface area contributed by atoms with Gasteiger partial charge < -0.3 is 0 Å². The fourth-order valence-corrected chi connectivity index (χ4v) is 3.42. The predicted octanol–water partition coefficient (Wildman–Crippen LogP) is 5.57. The summed E-state index contributed by atoms with van der Waals surface area (Å²) in [4.78, 5) is 4.57. The van der Waals surface area contributed by atoms with Crippen LogP contribution in [0.5, 0.6) is 0 Å². The summed E-state index contributed by atoms with van der Waals surface area (Å²) in [5, 5.41) is 5.17. The quantitative estimate of drug-likeness (QED) is 0.659. The average Bonchev–Trinajstić information content (AvgIpc) is 2.76. The van der Waals surface area contributed by atoms with E-state index in [1.165, 1.54) is 0 Å². The molecule has 2 aromatic rings. The molecule has 0 radical (unpaired) electrons. The lowest BCUT2D eigenvalue weighted by atomic mass is 10.1. The molecule has 0 saturated carbocycles. The Morgan fingerprint density at radius 1 is 1.35 bits per heavy atom. The van der Waals surface area contributed by atoms with Crippen LogP contribution in [-0.2, 0) is 11.8 Å². The number of rotatable bonds is 3. The maximum atomic E-state index is 6.26. The highest BCUT2D eigenvalue weighted by molar-refractivity contribution is 9.08. The molecule has 0 aliphatic carbocycles. The molecular weight excluding hydrogens is 341 g/mol. The van der Waals surface area contributed by atoms with Crippen molar-refractivity contribution in [3.63, 3.8) is 0 Å². The van der Waals surface area contributed by atoms with E-state index < -0.39 is 0 Å². The van der Waals surface area contributed by atoms with Crippen LogP contribution in [0.2, 0.25) is 10.0 Å². The third-order valence-electron chi connectivity index (χ3n) is 2.39. The molecule has 5 heteroatoms. The van der Waals surface area contributed by atoms with Crippen LogP contribution in [-0.4, -0.2) is 4.98 Å². The zero-order valence-corrected chi connectivity index (χ0v) is 13.0. The number of halogens is 3. The molecule has 0 atom stereocenters. The molecule has 0 N–H and O–H groups in total. The van der Waals surface area contributed by atoms with E-state index in [2.05, 4.69) is 27.8 Å². The Morgan fingerprint density at radius 2 is 2.12 bits per heavy atom. The number of aryl methyl sites for hydroxylation is 1. The summed E-state index contributed by atoms with van der Waals surface area (Å²) in [6, 6.07) is 3.68. The van der Waals surface area contributed by atoms with Crippen molar-refractivity contribution in [3.8, 4) is 11.3 Å². The number of hydrogen-bond acceptors (Lipinski definition) is 2. The van der Waals surface area contributed by atoms with Crippen LogP contribution >= 0.6 is 50.5 Å². The Morgan fingerprint density at radius 3 is 2.71 bits per heavy atom. The number of thiazole rings is 1. The average molecular weight is 351 g/mol. The van der Waals surface area contributed by atoms with E-state index in [0.29, 0.717) is 15.4 Å². The van der Waals surface area contributed by atoms with Gasteiger partial charge in [0.1, 0.15) is 0 Å². The largest absolute Gasteiger partial charge is 0.241 e. The Hall–Kier alpha value is -0.0900. The monoisotopic (exact) mass is 349 g/mol. The van der Waals surface area contributed by atoms with Crippen molar-refractivity contribution in [1.82, 2.24) is 4.98 Å². The van der Waals surface area contributed by atoms with Crippen molar-refractivity contribution in [1.29, 1.82) is 0 Å². The van der Waals surface area contributed by atoms with Gasteiger partial charge in [0, 0.05) is 21.3 Å². The van der Waals surface area contributed by atoms with Crippen LogP contribution in [0, 0.1) is 0 Å². The molecule has 0 aliphatic heterocycles. The second-order valence-electron chi connectivity index (χ2n) is 3.54. The topological polar surface area (TPSA) is 12.9 Å². The van der Waals surface area contributed by atoms with Gasteiger partial charge in [0.2, 0.25) is 0 Å². The van der Waals surface area contributed by atoms with E-state index in [0.717, 1.165) is 28.2 Å². The van der Waals surface area contributed by atoms with Crippen molar-refractivity contribution in [2.45, 2.75) is 18.7 Å². The number of benzene rings is 1. The van der Waals surface area contributed by atoms with Gasteiger partial charge in [-0.25, -0.2) is 4.98 Å². The number of alkyl halides is 1. The molecule has 0 saturated heterocycles. The standard InChI is InChI=1S/C12H10BrCl2NS/c1-2-11-16-10(6-17-11)12-7(5-13)3-8(14)4-9(12)15/h3-4,6H,2,5H2,1H3. The van der Waals surface area contributed by atoms with Gasteiger partial charge >= 0.3 is 0 Å². The Labute approximate surface area is 123 Å². The molecular formula is C12H10BrCl2NS. The molecule has 0 fully saturated rings. The first-order valence-electron chi connectivity index (χ1n) is 5.14. The number of hydrogen-bond donors (Lipinski definition) is 0. The van der Waals surface area contributed by atoms with Crippen LogP contribution < -0.4 is 0 Å².